The van der Waals surface area contributed by atoms with Gasteiger partial charge < -0.3 is 5.73 Å². The molecule has 1 aromatic carbocycles. The molecule has 1 aliphatic carbocycles. The Morgan fingerprint density at radius 1 is 1.10 bits per heavy atom. The number of hydrogen-bond donors (Lipinski definition) is 1. The van der Waals surface area contributed by atoms with Crippen LogP contribution in [0, 0.1) is 5.92 Å². The molecule has 0 bridgehead atoms. The first-order chi connectivity index (χ1) is 9.74. The van der Waals surface area contributed by atoms with E-state index in [1.165, 1.54) is 50.6 Å². The van der Waals surface area contributed by atoms with Gasteiger partial charge in [0.05, 0.1) is 0 Å². The topological polar surface area (TPSA) is 29.3 Å². The number of likely N-dealkylation sites (tertiary alicyclic amines) is 1. The molecule has 0 radical (unpaired) electrons. The first-order valence-corrected chi connectivity index (χ1v) is 8.27. The molecule has 1 heterocycles. The van der Waals surface area contributed by atoms with E-state index in [9.17, 15) is 0 Å². The molecule has 2 unspecified atom stereocenters. The van der Waals surface area contributed by atoms with E-state index in [2.05, 4.69) is 29.2 Å². The molecule has 1 aliphatic heterocycles. The Kier molecular flexibility index (Phi) is 4.37. The van der Waals surface area contributed by atoms with Crippen LogP contribution in [0.3, 0.4) is 0 Å². The van der Waals surface area contributed by atoms with Crippen molar-refractivity contribution in [3.63, 3.8) is 0 Å². The molecule has 3 rings (SSSR count). The standard InChI is InChI=1S/C17H24N2S/c18-17(20)15-9-7-13(8-10-15)12-19-11-3-5-14-4-1-2-6-16(14)19/h7-10,14,16H,1-6,11-12H2,(H2,18,20). The average Bonchev–Trinajstić information content (AvgIpc) is 2.48. The first kappa shape index (κ1) is 14.0. The largest absolute Gasteiger partial charge is 0.389 e. The van der Waals surface area contributed by atoms with Crippen molar-refractivity contribution in [3.05, 3.63) is 35.4 Å². The van der Waals surface area contributed by atoms with E-state index in [1.54, 1.807) is 0 Å². The van der Waals surface area contributed by atoms with Crippen molar-refractivity contribution in [1.82, 2.24) is 4.90 Å². The van der Waals surface area contributed by atoms with Gasteiger partial charge in [-0.3, -0.25) is 4.90 Å². The number of hydrogen-bond acceptors (Lipinski definition) is 2. The van der Waals surface area contributed by atoms with Gasteiger partial charge in [0, 0.05) is 18.2 Å². The van der Waals surface area contributed by atoms with Crippen LogP contribution in [0.15, 0.2) is 24.3 Å². The minimum atomic E-state index is 0.488. The predicted molar refractivity (Wildman–Crippen MR) is 87.7 cm³/mol. The van der Waals surface area contributed by atoms with Crippen molar-refractivity contribution < 1.29 is 0 Å². The minimum absolute atomic E-state index is 0.488. The van der Waals surface area contributed by atoms with Crippen LogP contribution in [0.25, 0.3) is 0 Å². The third-order valence-corrected chi connectivity index (χ3v) is 5.22. The summed E-state index contributed by atoms with van der Waals surface area (Å²) >= 11 is 5.01. The average molecular weight is 288 g/mol. The van der Waals surface area contributed by atoms with Crippen LogP contribution in [0.5, 0.6) is 0 Å². The monoisotopic (exact) mass is 288 g/mol. The summed E-state index contributed by atoms with van der Waals surface area (Å²) in [4.78, 5) is 3.20. The van der Waals surface area contributed by atoms with Gasteiger partial charge in [-0.15, -0.1) is 0 Å². The lowest BCUT2D eigenvalue weighted by molar-refractivity contribution is 0.0547. The van der Waals surface area contributed by atoms with Gasteiger partial charge >= 0.3 is 0 Å². The highest BCUT2D eigenvalue weighted by Crippen LogP contribution is 2.35. The molecule has 0 amide bonds. The van der Waals surface area contributed by atoms with Crippen LogP contribution in [0.1, 0.15) is 49.7 Å². The number of benzene rings is 1. The third kappa shape index (κ3) is 3.04. The van der Waals surface area contributed by atoms with Gasteiger partial charge in [0.1, 0.15) is 4.99 Å². The Morgan fingerprint density at radius 3 is 2.55 bits per heavy atom. The second kappa shape index (κ2) is 6.23. The summed E-state index contributed by atoms with van der Waals surface area (Å²) in [5.74, 6) is 0.952. The molecule has 3 heteroatoms. The number of fused-ring (bicyclic) bond motifs is 1. The second-order valence-electron chi connectivity index (χ2n) is 6.29. The zero-order chi connectivity index (χ0) is 13.9. The molecule has 2 N–H and O–H groups in total. The lowest BCUT2D eigenvalue weighted by Gasteiger charge is -2.44. The number of nitrogens with two attached hydrogens (primary N) is 1. The molecular formula is C17H24N2S. The van der Waals surface area contributed by atoms with Crippen molar-refractivity contribution >= 4 is 17.2 Å². The molecule has 108 valence electrons. The van der Waals surface area contributed by atoms with Crippen LogP contribution < -0.4 is 5.73 Å². The second-order valence-corrected chi connectivity index (χ2v) is 6.73. The molecule has 2 atom stereocenters. The van der Waals surface area contributed by atoms with Crippen LogP contribution in [-0.4, -0.2) is 22.5 Å². The minimum Gasteiger partial charge on any atom is -0.389 e. The fourth-order valence-corrected chi connectivity index (χ4v) is 4.07. The van der Waals surface area contributed by atoms with E-state index >= 15 is 0 Å². The van der Waals surface area contributed by atoms with Gasteiger partial charge in [-0.25, -0.2) is 0 Å². The van der Waals surface area contributed by atoms with Crippen LogP contribution >= 0.6 is 12.2 Å². The van der Waals surface area contributed by atoms with E-state index in [0.717, 1.165) is 24.1 Å². The highest BCUT2D eigenvalue weighted by atomic mass is 32.1. The fourth-order valence-electron chi connectivity index (χ4n) is 3.93. The quantitative estimate of drug-likeness (QED) is 0.864. The van der Waals surface area contributed by atoms with Crippen molar-refractivity contribution in [1.29, 1.82) is 0 Å². The molecule has 2 aliphatic rings. The van der Waals surface area contributed by atoms with E-state index in [-0.39, 0.29) is 0 Å². The Hall–Kier alpha value is -0.930. The molecule has 1 saturated heterocycles. The Balaban J connectivity index is 1.68. The van der Waals surface area contributed by atoms with E-state index in [0.29, 0.717) is 4.99 Å². The molecule has 20 heavy (non-hydrogen) atoms. The molecule has 1 saturated carbocycles. The van der Waals surface area contributed by atoms with E-state index < -0.39 is 0 Å². The maximum absolute atomic E-state index is 5.66. The smallest absolute Gasteiger partial charge is 0.103 e. The highest BCUT2D eigenvalue weighted by molar-refractivity contribution is 7.80. The van der Waals surface area contributed by atoms with Crippen molar-refractivity contribution in [2.45, 2.75) is 51.1 Å². The molecule has 2 nitrogen and oxygen atoms in total. The van der Waals surface area contributed by atoms with Gasteiger partial charge in [0.25, 0.3) is 0 Å². The van der Waals surface area contributed by atoms with Gasteiger partial charge in [0.2, 0.25) is 0 Å². The zero-order valence-corrected chi connectivity index (χ0v) is 12.9. The van der Waals surface area contributed by atoms with Gasteiger partial charge in [0.15, 0.2) is 0 Å². The Morgan fingerprint density at radius 2 is 1.80 bits per heavy atom. The van der Waals surface area contributed by atoms with Crippen LogP contribution in [0.4, 0.5) is 0 Å². The highest BCUT2D eigenvalue weighted by Gasteiger charge is 2.32. The molecule has 2 fully saturated rings. The molecular weight excluding hydrogens is 264 g/mol. The van der Waals surface area contributed by atoms with Crippen molar-refractivity contribution in [2.24, 2.45) is 11.7 Å². The summed E-state index contributed by atoms with van der Waals surface area (Å²) in [5, 5.41) is 0. The fraction of sp³-hybridized carbons (Fsp3) is 0.588. The number of piperidine rings is 1. The molecule has 0 aromatic heterocycles. The normalized spacial score (nSPS) is 27.0. The molecule has 0 spiro atoms. The number of thiocarbonyl (C=S) groups is 1. The SMILES string of the molecule is NC(=S)c1ccc(CN2CCCC3CCCCC32)cc1. The number of rotatable bonds is 3. The van der Waals surface area contributed by atoms with Gasteiger partial charge in [-0.05, 0) is 43.7 Å². The van der Waals surface area contributed by atoms with Crippen molar-refractivity contribution in [3.8, 4) is 0 Å². The van der Waals surface area contributed by atoms with E-state index in [4.69, 9.17) is 18.0 Å². The summed E-state index contributed by atoms with van der Waals surface area (Å²) in [6, 6.07) is 9.30. The van der Waals surface area contributed by atoms with E-state index in [1.807, 2.05) is 0 Å². The van der Waals surface area contributed by atoms with Gasteiger partial charge in [-0.1, -0.05) is 49.3 Å². The van der Waals surface area contributed by atoms with Crippen LogP contribution in [0.2, 0.25) is 0 Å². The Labute approximate surface area is 127 Å². The maximum atomic E-state index is 5.66. The van der Waals surface area contributed by atoms with Gasteiger partial charge in [-0.2, -0.15) is 0 Å². The summed E-state index contributed by atoms with van der Waals surface area (Å²) in [5.41, 5.74) is 8.01. The maximum Gasteiger partial charge on any atom is 0.103 e. The summed E-state index contributed by atoms with van der Waals surface area (Å²) in [6.07, 6.45) is 8.51. The lowest BCUT2D eigenvalue weighted by Crippen LogP contribution is -2.46. The summed E-state index contributed by atoms with van der Waals surface area (Å²) in [6.45, 7) is 2.34. The van der Waals surface area contributed by atoms with Crippen LogP contribution in [-0.2, 0) is 6.54 Å². The summed E-state index contributed by atoms with van der Waals surface area (Å²) < 4.78 is 0. The third-order valence-electron chi connectivity index (χ3n) is 4.98. The number of nitrogens with zero attached hydrogens (tertiary/aromatic N) is 1. The zero-order valence-electron chi connectivity index (χ0n) is 12.1. The summed E-state index contributed by atoms with van der Waals surface area (Å²) in [7, 11) is 0. The first-order valence-electron chi connectivity index (χ1n) is 7.87. The Bertz CT molecular complexity index is 466. The predicted octanol–water partition coefficient (Wildman–Crippen LogP) is 3.48. The van der Waals surface area contributed by atoms with Crippen molar-refractivity contribution in [2.75, 3.05) is 6.54 Å². The molecule has 1 aromatic rings. The lowest BCUT2D eigenvalue weighted by atomic mass is 9.78.